The van der Waals surface area contributed by atoms with Crippen molar-refractivity contribution < 1.29 is 9.90 Å². The molecule has 1 N–H and O–H groups in total. The first kappa shape index (κ1) is 13.1. The summed E-state index contributed by atoms with van der Waals surface area (Å²) in [6, 6.07) is 1.89. The Labute approximate surface area is 107 Å². The molecule has 0 spiro atoms. The van der Waals surface area contributed by atoms with E-state index in [1.807, 2.05) is 16.9 Å². The lowest BCUT2D eigenvalue weighted by Gasteiger charge is -2.34. The van der Waals surface area contributed by atoms with Gasteiger partial charge in [-0.3, -0.25) is 14.4 Å². The first-order valence-electron chi connectivity index (χ1n) is 6.65. The Balaban J connectivity index is 2.03. The van der Waals surface area contributed by atoms with Gasteiger partial charge >= 0.3 is 5.97 Å². The van der Waals surface area contributed by atoms with Gasteiger partial charge in [-0.15, -0.1) is 0 Å². The van der Waals surface area contributed by atoms with Gasteiger partial charge in [0.2, 0.25) is 0 Å². The van der Waals surface area contributed by atoms with Crippen molar-refractivity contribution in [3.63, 3.8) is 0 Å². The second-order valence-corrected chi connectivity index (χ2v) is 4.95. The van der Waals surface area contributed by atoms with E-state index in [-0.39, 0.29) is 0 Å². The average molecular weight is 251 g/mol. The summed E-state index contributed by atoms with van der Waals surface area (Å²) in [7, 11) is 0. The van der Waals surface area contributed by atoms with Crippen LogP contribution in [0.5, 0.6) is 0 Å². The molecule has 5 nitrogen and oxygen atoms in total. The highest BCUT2D eigenvalue weighted by atomic mass is 16.4. The van der Waals surface area contributed by atoms with Crippen LogP contribution < -0.4 is 0 Å². The Kier molecular flexibility index (Phi) is 4.01. The lowest BCUT2D eigenvalue weighted by atomic mass is 9.90. The molecule has 0 aromatic carbocycles. The Morgan fingerprint density at radius 2 is 2.33 bits per heavy atom. The summed E-state index contributed by atoms with van der Waals surface area (Å²) >= 11 is 0. The number of carbonyl (C=O) groups is 1. The van der Waals surface area contributed by atoms with Crippen LogP contribution in [0.1, 0.15) is 32.6 Å². The quantitative estimate of drug-likeness (QED) is 0.834. The summed E-state index contributed by atoms with van der Waals surface area (Å²) in [6.07, 6.45) is 7.06. The Bertz CT molecular complexity index is 391. The third-order valence-electron chi connectivity index (χ3n) is 3.84. The summed E-state index contributed by atoms with van der Waals surface area (Å²) in [5, 5.41) is 13.7. The predicted octanol–water partition coefficient (Wildman–Crippen LogP) is 1.60. The summed E-state index contributed by atoms with van der Waals surface area (Å²) < 4.78 is 1.86. The summed E-state index contributed by atoms with van der Waals surface area (Å²) in [4.78, 5) is 13.7. The van der Waals surface area contributed by atoms with Crippen LogP contribution in [-0.4, -0.2) is 44.4 Å². The number of hydrogen-bond donors (Lipinski definition) is 1. The molecule has 1 aliphatic rings. The van der Waals surface area contributed by atoms with Crippen LogP contribution in [-0.2, 0) is 11.3 Å². The fourth-order valence-corrected chi connectivity index (χ4v) is 2.96. The molecule has 1 saturated heterocycles. The van der Waals surface area contributed by atoms with Crippen molar-refractivity contribution in [2.24, 2.45) is 0 Å². The van der Waals surface area contributed by atoms with Gasteiger partial charge in [0, 0.05) is 18.9 Å². The van der Waals surface area contributed by atoms with E-state index in [0.29, 0.717) is 0 Å². The molecule has 0 aliphatic carbocycles. The zero-order valence-electron chi connectivity index (χ0n) is 10.9. The molecule has 0 bridgehead atoms. The first-order chi connectivity index (χ1) is 8.69. The second-order valence-electron chi connectivity index (χ2n) is 4.95. The maximum absolute atomic E-state index is 11.6. The Hall–Kier alpha value is -1.36. The van der Waals surface area contributed by atoms with Crippen molar-refractivity contribution in [1.82, 2.24) is 14.7 Å². The number of rotatable bonds is 6. The van der Waals surface area contributed by atoms with Crippen molar-refractivity contribution in [2.45, 2.75) is 44.7 Å². The molecule has 1 fully saturated rings. The first-order valence-corrected chi connectivity index (χ1v) is 6.65. The summed E-state index contributed by atoms with van der Waals surface area (Å²) in [5.41, 5.74) is -0.637. The van der Waals surface area contributed by atoms with E-state index in [1.165, 1.54) is 0 Å². The number of likely N-dealkylation sites (tertiary alicyclic amines) is 1. The van der Waals surface area contributed by atoms with E-state index in [0.717, 1.165) is 45.3 Å². The number of aromatic nitrogens is 2. The highest BCUT2D eigenvalue weighted by Gasteiger charge is 2.46. The standard InChI is InChI=1S/C13H21N3O2/c1-2-5-13(12(17)18)6-3-8-15(13)10-11-16-9-4-7-14-16/h4,7,9H,2-3,5-6,8,10-11H2,1H3,(H,17,18). The molecule has 100 valence electrons. The molecule has 1 atom stereocenters. The van der Waals surface area contributed by atoms with Crippen LogP contribution >= 0.6 is 0 Å². The smallest absolute Gasteiger partial charge is 0.324 e. The normalized spacial score (nSPS) is 24.5. The predicted molar refractivity (Wildman–Crippen MR) is 68.3 cm³/mol. The number of nitrogens with zero attached hydrogens (tertiary/aromatic N) is 3. The van der Waals surface area contributed by atoms with Crippen molar-refractivity contribution in [2.75, 3.05) is 13.1 Å². The minimum absolute atomic E-state index is 0.637. The summed E-state index contributed by atoms with van der Waals surface area (Å²) in [5.74, 6) is -0.665. The topological polar surface area (TPSA) is 58.4 Å². The van der Waals surface area contributed by atoms with Gasteiger partial charge in [0.25, 0.3) is 0 Å². The van der Waals surface area contributed by atoms with E-state index in [4.69, 9.17) is 0 Å². The molecule has 2 rings (SSSR count). The Morgan fingerprint density at radius 3 is 2.94 bits per heavy atom. The largest absolute Gasteiger partial charge is 0.480 e. The summed E-state index contributed by atoms with van der Waals surface area (Å²) in [6.45, 7) is 4.45. The van der Waals surface area contributed by atoms with Gasteiger partial charge in [0.15, 0.2) is 0 Å². The van der Waals surface area contributed by atoms with Crippen LogP contribution in [0.2, 0.25) is 0 Å². The fraction of sp³-hybridized carbons (Fsp3) is 0.692. The number of hydrogen-bond acceptors (Lipinski definition) is 3. The minimum atomic E-state index is -0.665. The van der Waals surface area contributed by atoms with Crippen LogP contribution in [0.3, 0.4) is 0 Å². The molecule has 5 heteroatoms. The van der Waals surface area contributed by atoms with Crippen LogP contribution in [0.15, 0.2) is 18.5 Å². The molecule has 1 aromatic rings. The van der Waals surface area contributed by atoms with E-state index in [1.54, 1.807) is 6.20 Å². The fourth-order valence-electron chi connectivity index (χ4n) is 2.96. The van der Waals surface area contributed by atoms with Crippen LogP contribution in [0, 0.1) is 0 Å². The van der Waals surface area contributed by atoms with E-state index in [9.17, 15) is 9.90 Å². The number of carboxylic acid groups (broad SMARTS) is 1. The molecule has 1 unspecified atom stereocenters. The lowest BCUT2D eigenvalue weighted by molar-refractivity contribution is -0.150. The van der Waals surface area contributed by atoms with Gasteiger partial charge in [-0.1, -0.05) is 13.3 Å². The molecule has 2 heterocycles. The van der Waals surface area contributed by atoms with E-state index < -0.39 is 11.5 Å². The maximum atomic E-state index is 11.6. The average Bonchev–Trinajstić information content (AvgIpc) is 2.96. The van der Waals surface area contributed by atoms with Gasteiger partial charge in [-0.25, -0.2) is 0 Å². The van der Waals surface area contributed by atoms with Crippen molar-refractivity contribution in [3.8, 4) is 0 Å². The third-order valence-corrected chi connectivity index (χ3v) is 3.84. The van der Waals surface area contributed by atoms with Gasteiger partial charge in [-0.05, 0) is 31.9 Å². The molecule has 0 amide bonds. The van der Waals surface area contributed by atoms with E-state index in [2.05, 4.69) is 16.9 Å². The van der Waals surface area contributed by atoms with Gasteiger partial charge in [0.1, 0.15) is 5.54 Å². The number of aliphatic carboxylic acids is 1. The Morgan fingerprint density at radius 1 is 1.50 bits per heavy atom. The van der Waals surface area contributed by atoms with Crippen LogP contribution in [0.25, 0.3) is 0 Å². The maximum Gasteiger partial charge on any atom is 0.324 e. The number of carboxylic acids is 1. The molecular weight excluding hydrogens is 230 g/mol. The molecule has 0 radical (unpaired) electrons. The van der Waals surface area contributed by atoms with Crippen molar-refractivity contribution in [1.29, 1.82) is 0 Å². The van der Waals surface area contributed by atoms with Gasteiger partial charge in [0.05, 0.1) is 6.54 Å². The molecule has 0 saturated carbocycles. The van der Waals surface area contributed by atoms with Gasteiger partial charge in [-0.2, -0.15) is 5.10 Å². The zero-order valence-corrected chi connectivity index (χ0v) is 10.9. The van der Waals surface area contributed by atoms with E-state index >= 15 is 0 Å². The minimum Gasteiger partial charge on any atom is -0.480 e. The second kappa shape index (κ2) is 5.52. The van der Waals surface area contributed by atoms with Gasteiger partial charge < -0.3 is 5.11 Å². The highest BCUT2D eigenvalue weighted by molar-refractivity contribution is 5.79. The monoisotopic (exact) mass is 251 g/mol. The molecule has 1 aromatic heterocycles. The molecule has 18 heavy (non-hydrogen) atoms. The molecular formula is C13H21N3O2. The molecule has 1 aliphatic heterocycles. The lowest BCUT2D eigenvalue weighted by Crippen LogP contribution is -2.51. The van der Waals surface area contributed by atoms with Crippen molar-refractivity contribution >= 4 is 5.97 Å². The van der Waals surface area contributed by atoms with Crippen LogP contribution in [0.4, 0.5) is 0 Å². The SMILES string of the molecule is CCCC1(C(=O)O)CCCN1CCn1cccn1. The third kappa shape index (κ3) is 2.41. The highest BCUT2D eigenvalue weighted by Crippen LogP contribution is 2.33. The van der Waals surface area contributed by atoms with Crippen molar-refractivity contribution in [3.05, 3.63) is 18.5 Å². The zero-order chi connectivity index (χ0) is 13.0.